The number of thioether (sulfide) groups is 1. The van der Waals surface area contributed by atoms with Gasteiger partial charge in [0.05, 0.1) is 11.4 Å². The maximum Gasteiger partial charge on any atom is 0.243 e. The number of guanidine groups is 1. The molecule has 0 aliphatic carbocycles. The summed E-state index contributed by atoms with van der Waals surface area (Å²) in [6.07, 6.45) is 1.90. The molecule has 29 heavy (non-hydrogen) atoms. The van der Waals surface area contributed by atoms with E-state index in [1.54, 1.807) is 16.4 Å². The summed E-state index contributed by atoms with van der Waals surface area (Å²) >= 11 is 2.00. The number of benzene rings is 1. The van der Waals surface area contributed by atoms with Gasteiger partial charge in [0.1, 0.15) is 0 Å². The van der Waals surface area contributed by atoms with E-state index in [1.807, 2.05) is 23.9 Å². The van der Waals surface area contributed by atoms with Crippen LogP contribution in [0, 0.1) is 0 Å². The van der Waals surface area contributed by atoms with Gasteiger partial charge in [-0.3, -0.25) is 0 Å². The first-order valence-corrected chi connectivity index (χ1v) is 12.5. The molecule has 9 heteroatoms. The Morgan fingerprint density at radius 2 is 1.83 bits per heavy atom. The van der Waals surface area contributed by atoms with Crippen molar-refractivity contribution >= 4 is 51.7 Å². The van der Waals surface area contributed by atoms with Crippen LogP contribution in [0.25, 0.3) is 0 Å². The molecule has 2 aliphatic rings. The smallest absolute Gasteiger partial charge is 0.243 e. The lowest BCUT2D eigenvalue weighted by atomic mass is 10.2. The zero-order chi connectivity index (χ0) is 20.2. The first-order valence-electron chi connectivity index (χ1n) is 10.1. The van der Waals surface area contributed by atoms with Crippen molar-refractivity contribution in [1.29, 1.82) is 0 Å². The van der Waals surface area contributed by atoms with E-state index in [4.69, 9.17) is 4.99 Å². The van der Waals surface area contributed by atoms with E-state index in [1.165, 1.54) is 0 Å². The van der Waals surface area contributed by atoms with Gasteiger partial charge in [0.25, 0.3) is 0 Å². The Morgan fingerprint density at radius 1 is 1.17 bits per heavy atom. The molecule has 0 unspecified atom stereocenters. The van der Waals surface area contributed by atoms with Crippen LogP contribution in [-0.2, 0) is 16.6 Å². The summed E-state index contributed by atoms with van der Waals surface area (Å²) in [4.78, 5) is 7.51. The zero-order valence-electron chi connectivity index (χ0n) is 17.6. The Morgan fingerprint density at radius 3 is 2.41 bits per heavy atom. The van der Waals surface area contributed by atoms with Gasteiger partial charge in [0.15, 0.2) is 5.96 Å². The number of rotatable bonds is 5. The first kappa shape index (κ1) is 24.7. The number of aliphatic imine (C=N–C) groups is 1. The van der Waals surface area contributed by atoms with Crippen LogP contribution in [0.15, 0.2) is 34.2 Å². The van der Waals surface area contributed by atoms with Crippen LogP contribution >= 0.6 is 35.7 Å². The Balaban J connectivity index is 0.00000300. The number of hydrogen-bond acceptors (Lipinski definition) is 4. The van der Waals surface area contributed by atoms with Gasteiger partial charge in [-0.15, -0.1) is 24.0 Å². The van der Waals surface area contributed by atoms with E-state index in [0.29, 0.717) is 24.5 Å². The molecule has 2 heterocycles. The third-order valence-electron chi connectivity index (χ3n) is 5.10. The first-order chi connectivity index (χ1) is 13.3. The van der Waals surface area contributed by atoms with Crippen LogP contribution in [0.1, 0.15) is 39.2 Å². The fourth-order valence-corrected chi connectivity index (χ4v) is 6.26. The Bertz CT molecular complexity index is 791. The van der Waals surface area contributed by atoms with Crippen LogP contribution in [0.3, 0.4) is 0 Å². The Kier molecular flexibility index (Phi) is 9.11. The molecular weight excluding hydrogens is 519 g/mol. The maximum atomic E-state index is 12.6. The van der Waals surface area contributed by atoms with E-state index in [9.17, 15) is 8.42 Å². The predicted molar refractivity (Wildman–Crippen MR) is 133 cm³/mol. The van der Waals surface area contributed by atoms with Gasteiger partial charge < -0.3 is 10.2 Å². The monoisotopic (exact) mass is 552 g/mol. The zero-order valence-corrected chi connectivity index (χ0v) is 21.5. The molecule has 1 N–H and O–H groups in total. The average Bonchev–Trinajstić information content (AvgIpc) is 3.20. The van der Waals surface area contributed by atoms with E-state index in [-0.39, 0.29) is 28.7 Å². The second-order valence-corrected chi connectivity index (χ2v) is 11.7. The fraction of sp³-hybridized carbons (Fsp3) is 0.650. The summed E-state index contributed by atoms with van der Waals surface area (Å²) in [6.45, 7) is 11.2. The van der Waals surface area contributed by atoms with Gasteiger partial charge in [0, 0.05) is 43.2 Å². The number of nitrogens with one attached hydrogen (secondary N) is 1. The van der Waals surface area contributed by atoms with Crippen LogP contribution in [0.2, 0.25) is 0 Å². The highest BCUT2D eigenvalue weighted by Gasteiger charge is 2.29. The van der Waals surface area contributed by atoms with Gasteiger partial charge >= 0.3 is 0 Å². The highest BCUT2D eigenvalue weighted by Crippen LogP contribution is 2.29. The molecule has 164 valence electrons. The van der Waals surface area contributed by atoms with Crippen molar-refractivity contribution in [2.24, 2.45) is 4.99 Å². The van der Waals surface area contributed by atoms with Crippen molar-refractivity contribution in [1.82, 2.24) is 14.5 Å². The molecule has 6 nitrogen and oxygen atoms in total. The maximum absolute atomic E-state index is 12.6. The van der Waals surface area contributed by atoms with Crippen molar-refractivity contribution in [2.45, 2.75) is 49.8 Å². The third-order valence-corrected chi connectivity index (χ3v) is 8.31. The number of sulfonamides is 1. The minimum absolute atomic E-state index is 0. The molecule has 1 aromatic carbocycles. The minimum atomic E-state index is -3.35. The molecule has 0 saturated carbocycles. The molecule has 0 radical (unpaired) electrons. The number of halogens is 1. The SMILES string of the molecule is CCNC(=NCc1ccc(S(=O)(=O)N2CCCC2)cc1)N1CCSC(C)(C)C1.I. The third kappa shape index (κ3) is 6.48. The van der Waals surface area contributed by atoms with E-state index < -0.39 is 10.0 Å². The molecule has 3 rings (SSSR count). The molecule has 0 bridgehead atoms. The lowest BCUT2D eigenvalue weighted by Crippen LogP contribution is -2.50. The van der Waals surface area contributed by atoms with E-state index in [2.05, 4.69) is 31.0 Å². The van der Waals surface area contributed by atoms with Crippen molar-refractivity contribution in [3.8, 4) is 0 Å². The summed E-state index contributed by atoms with van der Waals surface area (Å²) in [6, 6.07) is 7.19. The van der Waals surface area contributed by atoms with Gasteiger partial charge in [-0.05, 0) is 51.3 Å². The highest BCUT2D eigenvalue weighted by atomic mass is 127. The van der Waals surface area contributed by atoms with Crippen molar-refractivity contribution in [3.63, 3.8) is 0 Å². The summed E-state index contributed by atoms with van der Waals surface area (Å²) in [5.74, 6) is 2.03. The number of nitrogens with zero attached hydrogens (tertiary/aromatic N) is 3. The largest absolute Gasteiger partial charge is 0.357 e. The molecule has 0 aromatic heterocycles. The Labute approximate surface area is 197 Å². The molecule has 0 amide bonds. The van der Waals surface area contributed by atoms with Gasteiger partial charge in [-0.25, -0.2) is 13.4 Å². The van der Waals surface area contributed by atoms with Crippen LogP contribution in [0.5, 0.6) is 0 Å². The summed E-state index contributed by atoms with van der Waals surface area (Å²) in [5.41, 5.74) is 1.02. The molecule has 2 saturated heterocycles. The molecular formula is C20H33IN4O2S2. The molecule has 0 atom stereocenters. The molecule has 1 aromatic rings. The van der Waals surface area contributed by atoms with Crippen LogP contribution in [-0.4, -0.2) is 66.8 Å². The van der Waals surface area contributed by atoms with Crippen LogP contribution in [0.4, 0.5) is 0 Å². The predicted octanol–water partition coefficient (Wildman–Crippen LogP) is 3.38. The van der Waals surface area contributed by atoms with Crippen molar-refractivity contribution < 1.29 is 8.42 Å². The van der Waals surface area contributed by atoms with E-state index >= 15 is 0 Å². The lowest BCUT2D eigenvalue weighted by Gasteiger charge is -2.39. The molecule has 2 fully saturated rings. The van der Waals surface area contributed by atoms with Gasteiger partial charge in [0.2, 0.25) is 10.0 Å². The number of hydrogen-bond donors (Lipinski definition) is 1. The Hall–Kier alpha value is -0.520. The second-order valence-electron chi connectivity index (χ2n) is 7.96. The van der Waals surface area contributed by atoms with Gasteiger partial charge in [-0.2, -0.15) is 16.1 Å². The van der Waals surface area contributed by atoms with Crippen molar-refractivity contribution in [2.75, 3.05) is 38.5 Å². The fourth-order valence-electron chi connectivity index (χ4n) is 3.63. The average molecular weight is 553 g/mol. The summed E-state index contributed by atoms with van der Waals surface area (Å²) < 4.78 is 27.1. The van der Waals surface area contributed by atoms with Gasteiger partial charge in [-0.1, -0.05) is 12.1 Å². The minimum Gasteiger partial charge on any atom is -0.357 e. The molecule has 0 spiro atoms. The quantitative estimate of drug-likeness (QED) is 0.345. The van der Waals surface area contributed by atoms with Crippen LogP contribution < -0.4 is 5.32 Å². The standard InChI is InChI=1S/C20H32N4O2S2.HI/c1-4-21-19(23-13-14-27-20(2,3)16-23)22-15-17-7-9-18(10-8-17)28(25,26)24-11-5-6-12-24;/h7-10H,4-6,11-16H2,1-3H3,(H,21,22);1H. The highest BCUT2D eigenvalue weighted by molar-refractivity contribution is 14.0. The lowest BCUT2D eigenvalue weighted by molar-refractivity contribution is 0.376. The normalized spacial score (nSPS) is 20.4. The van der Waals surface area contributed by atoms with Crippen molar-refractivity contribution in [3.05, 3.63) is 29.8 Å². The molecule has 2 aliphatic heterocycles. The second kappa shape index (κ2) is 10.7. The van der Waals surface area contributed by atoms with E-state index in [0.717, 1.165) is 49.8 Å². The summed E-state index contributed by atoms with van der Waals surface area (Å²) in [5, 5.41) is 3.40. The summed E-state index contributed by atoms with van der Waals surface area (Å²) in [7, 11) is -3.35. The topological polar surface area (TPSA) is 65.0 Å².